The molecule has 0 aliphatic carbocycles. The molecule has 3 aromatic rings. The van der Waals surface area contributed by atoms with Crippen LogP contribution in [-0.2, 0) is 4.79 Å². The van der Waals surface area contributed by atoms with Gasteiger partial charge in [0.1, 0.15) is 5.82 Å². The number of aromatic nitrogens is 3. The number of ether oxygens (including phenoxy) is 1. The Morgan fingerprint density at radius 3 is 2.79 bits per heavy atom. The summed E-state index contributed by atoms with van der Waals surface area (Å²) in [5, 5.41) is 0. The number of hydrogen-bond donors (Lipinski definition) is 1. The molecule has 2 unspecified atom stereocenters. The number of fused-ring (bicyclic) bond motifs is 1. The number of anilines is 1. The summed E-state index contributed by atoms with van der Waals surface area (Å²) in [5.74, 6) is -3.47. The van der Waals surface area contributed by atoms with Gasteiger partial charge in [-0.15, -0.1) is 0 Å². The molecule has 1 N–H and O–H groups in total. The first kappa shape index (κ1) is 19.2. The summed E-state index contributed by atoms with van der Waals surface area (Å²) in [4.78, 5) is 24.3. The molecule has 1 aliphatic rings. The fourth-order valence-corrected chi connectivity index (χ4v) is 3.44. The lowest BCUT2D eigenvalue weighted by Crippen LogP contribution is -2.54. The second-order valence-corrected chi connectivity index (χ2v) is 6.72. The average molecular weight is 408 g/mol. The first-order valence-electron chi connectivity index (χ1n) is 8.90. The van der Waals surface area contributed by atoms with Crippen LogP contribution in [-0.4, -0.2) is 33.9 Å². The summed E-state index contributed by atoms with van der Waals surface area (Å²) in [6.07, 6.45) is -1.67. The lowest BCUT2D eigenvalue weighted by molar-refractivity contribution is -0.129. The van der Waals surface area contributed by atoms with E-state index >= 15 is 0 Å². The fraction of sp³-hybridized carbons (Fsp3) is 0.316. The quantitative estimate of drug-likeness (QED) is 0.380. The standard InChI is InChI=1S/C19H16F4N4O2/c1-9-17(16-11(20)7-15(26-18(16)23)29-5-4-14(21)22)27(19(9)28)10-2-3-12-13(6-10)25-8-24-12/h2-3,6-9,14,17H,4-5H2,1H3,(H,24,25). The van der Waals surface area contributed by atoms with Crippen molar-refractivity contribution in [2.24, 2.45) is 5.92 Å². The molecule has 2 atom stereocenters. The predicted molar refractivity (Wildman–Crippen MR) is 95.8 cm³/mol. The number of H-pyrrole nitrogens is 1. The summed E-state index contributed by atoms with van der Waals surface area (Å²) >= 11 is 0. The van der Waals surface area contributed by atoms with Gasteiger partial charge in [0, 0.05) is 18.2 Å². The maximum absolute atomic E-state index is 14.7. The molecule has 0 spiro atoms. The van der Waals surface area contributed by atoms with E-state index in [1.807, 2.05) is 0 Å². The van der Waals surface area contributed by atoms with E-state index in [1.165, 1.54) is 11.2 Å². The molecule has 0 bridgehead atoms. The van der Waals surface area contributed by atoms with E-state index < -0.39 is 49.1 Å². The Morgan fingerprint density at radius 1 is 1.28 bits per heavy atom. The highest BCUT2D eigenvalue weighted by atomic mass is 19.3. The van der Waals surface area contributed by atoms with Gasteiger partial charge >= 0.3 is 0 Å². The van der Waals surface area contributed by atoms with E-state index in [0.29, 0.717) is 16.7 Å². The van der Waals surface area contributed by atoms with Crippen LogP contribution in [0.3, 0.4) is 0 Å². The van der Waals surface area contributed by atoms with Gasteiger partial charge in [0.2, 0.25) is 24.2 Å². The fourth-order valence-electron chi connectivity index (χ4n) is 3.44. The molecule has 0 radical (unpaired) electrons. The number of benzene rings is 1. The molecule has 4 rings (SSSR count). The maximum atomic E-state index is 14.7. The zero-order valence-corrected chi connectivity index (χ0v) is 15.2. The van der Waals surface area contributed by atoms with Crippen molar-refractivity contribution < 1.29 is 27.1 Å². The summed E-state index contributed by atoms with van der Waals surface area (Å²) in [7, 11) is 0. The molecule has 1 aliphatic heterocycles. The lowest BCUT2D eigenvalue weighted by atomic mass is 9.83. The highest BCUT2D eigenvalue weighted by Gasteiger charge is 2.48. The number of carbonyl (C=O) groups excluding carboxylic acids is 1. The number of rotatable bonds is 6. The molecule has 6 nitrogen and oxygen atoms in total. The number of aromatic amines is 1. The third-order valence-corrected chi connectivity index (χ3v) is 4.88. The molecule has 10 heteroatoms. The molecule has 0 saturated carbocycles. The molecule has 1 saturated heterocycles. The Labute approximate surface area is 162 Å². The number of pyridine rings is 1. The van der Waals surface area contributed by atoms with Crippen molar-refractivity contribution in [2.45, 2.75) is 25.8 Å². The van der Waals surface area contributed by atoms with Gasteiger partial charge in [-0.05, 0) is 18.2 Å². The third kappa shape index (κ3) is 3.39. The Morgan fingerprint density at radius 2 is 2.07 bits per heavy atom. The zero-order valence-electron chi connectivity index (χ0n) is 15.2. The minimum absolute atomic E-state index is 0.287. The highest BCUT2D eigenvalue weighted by molar-refractivity contribution is 6.04. The van der Waals surface area contributed by atoms with Gasteiger partial charge < -0.3 is 14.6 Å². The van der Waals surface area contributed by atoms with Gasteiger partial charge in [-0.2, -0.15) is 9.37 Å². The number of alkyl halides is 2. The average Bonchev–Trinajstić information content (AvgIpc) is 3.14. The lowest BCUT2D eigenvalue weighted by Gasteiger charge is -2.45. The maximum Gasteiger partial charge on any atom is 0.241 e. The topological polar surface area (TPSA) is 71.1 Å². The van der Waals surface area contributed by atoms with Crippen LogP contribution in [0.15, 0.2) is 30.6 Å². The van der Waals surface area contributed by atoms with Gasteiger partial charge in [0.25, 0.3) is 0 Å². The second-order valence-electron chi connectivity index (χ2n) is 6.72. The summed E-state index contributed by atoms with van der Waals surface area (Å²) in [6.45, 7) is 1.15. The molecule has 1 aromatic carbocycles. The largest absolute Gasteiger partial charge is 0.477 e. The highest BCUT2D eigenvalue weighted by Crippen LogP contribution is 2.45. The summed E-state index contributed by atoms with van der Waals surface area (Å²) in [6, 6.07) is 4.95. The van der Waals surface area contributed by atoms with Gasteiger partial charge in [0.05, 0.1) is 41.5 Å². The molecule has 1 fully saturated rings. The van der Waals surface area contributed by atoms with E-state index in [1.54, 1.807) is 25.1 Å². The second kappa shape index (κ2) is 7.34. The first-order chi connectivity index (χ1) is 13.9. The van der Waals surface area contributed by atoms with Gasteiger partial charge in [0.15, 0.2) is 0 Å². The molecular weight excluding hydrogens is 392 g/mol. The predicted octanol–water partition coefficient (Wildman–Crippen LogP) is 3.99. The smallest absolute Gasteiger partial charge is 0.241 e. The van der Waals surface area contributed by atoms with Crippen molar-refractivity contribution >= 4 is 22.6 Å². The Balaban J connectivity index is 1.64. The van der Waals surface area contributed by atoms with E-state index in [4.69, 9.17) is 4.74 Å². The van der Waals surface area contributed by atoms with Crippen LogP contribution in [0.25, 0.3) is 11.0 Å². The molecular formula is C19H16F4N4O2. The monoisotopic (exact) mass is 408 g/mol. The van der Waals surface area contributed by atoms with E-state index in [9.17, 15) is 22.4 Å². The van der Waals surface area contributed by atoms with Crippen molar-refractivity contribution in [2.75, 3.05) is 11.5 Å². The molecule has 3 heterocycles. The van der Waals surface area contributed by atoms with Crippen molar-refractivity contribution in [3.8, 4) is 5.88 Å². The first-order valence-corrected chi connectivity index (χ1v) is 8.90. The summed E-state index contributed by atoms with van der Waals surface area (Å²) in [5.41, 5.74) is 1.46. The van der Waals surface area contributed by atoms with Crippen molar-refractivity contribution in [1.29, 1.82) is 0 Å². The number of nitrogens with zero attached hydrogens (tertiary/aromatic N) is 3. The van der Waals surface area contributed by atoms with Crippen LogP contribution in [0, 0.1) is 17.7 Å². The van der Waals surface area contributed by atoms with Crippen LogP contribution in [0.2, 0.25) is 0 Å². The number of halogens is 4. The van der Waals surface area contributed by atoms with Crippen LogP contribution in [0.1, 0.15) is 24.9 Å². The van der Waals surface area contributed by atoms with E-state index in [-0.39, 0.29) is 11.5 Å². The molecule has 29 heavy (non-hydrogen) atoms. The number of imidazole rings is 1. The minimum Gasteiger partial charge on any atom is -0.477 e. The molecule has 152 valence electrons. The zero-order chi connectivity index (χ0) is 20.7. The van der Waals surface area contributed by atoms with Gasteiger partial charge in [-0.25, -0.2) is 18.2 Å². The number of nitrogens with one attached hydrogen (secondary N) is 1. The van der Waals surface area contributed by atoms with Gasteiger partial charge in [-0.3, -0.25) is 4.79 Å². The van der Waals surface area contributed by atoms with Crippen molar-refractivity contribution in [3.05, 3.63) is 47.9 Å². The third-order valence-electron chi connectivity index (χ3n) is 4.88. The molecule has 1 amide bonds. The Hall–Kier alpha value is -3.17. The minimum atomic E-state index is -2.59. The number of β-lactam (4-membered cyclic amide) rings is 1. The number of hydrogen-bond acceptors (Lipinski definition) is 4. The molecule has 2 aromatic heterocycles. The van der Waals surface area contributed by atoms with Crippen molar-refractivity contribution in [3.63, 3.8) is 0 Å². The van der Waals surface area contributed by atoms with Crippen molar-refractivity contribution in [1.82, 2.24) is 15.0 Å². The Kier molecular flexibility index (Phi) is 4.85. The SMILES string of the molecule is CC1C(=O)N(c2ccc3nc[nH]c3c2)C1c1c(F)cc(OCCC(F)F)nc1F. The van der Waals surface area contributed by atoms with E-state index in [0.717, 1.165) is 6.07 Å². The van der Waals surface area contributed by atoms with Crippen LogP contribution in [0.4, 0.5) is 23.2 Å². The Bertz CT molecular complexity index is 1050. The summed E-state index contributed by atoms with van der Waals surface area (Å²) < 4.78 is 58.6. The normalized spacial score (nSPS) is 19.1. The van der Waals surface area contributed by atoms with Crippen LogP contribution < -0.4 is 9.64 Å². The number of amides is 1. The number of carbonyl (C=O) groups is 1. The van der Waals surface area contributed by atoms with Crippen LogP contribution in [0.5, 0.6) is 5.88 Å². The van der Waals surface area contributed by atoms with Crippen LogP contribution >= 0.6 is 0 Å². The van der Waals surface area contributed by atoms with E-state index in [2.05, 4.69) is 15.0 Å². The van der Waals surface area contributed by atoms with Gasteiger partial charge in [-0.1, -0.05) is 6.92 Å².